The predicted octanol–water partition coefficient (Wildman–Crippen LogP) is 2.84. The first-order valence-corrected chi connectivity index (χ1v) is 8.40. The predicted molar refractivity (Wildman–Crippen MR) is 85.5 cm³/mol. The van der Waals surface area contributed by atoms with Crippen molar-refractivity contribution in [2.45, 2.75) is 31.6 Å². The van der Waals surface area contributed by atoms with Crippen molar-refractivity contribution in [3.63, 3.8) is 0 Å². The summed E-state index contributed by atoms with van der Waals surface area (Å²) in [7, 11) is 0. The molecule has 1 aliphatic heterocycles. The number of benzene rings is 1. The average molecular weight is 292 g/mol. The van der Waals surface area contributed by atoms with E-state index in [1.54, 1.807) is 11.8 Å². The van der Waals surface area contributed by atoms with Gasteiger partial charge in [-0.05, 0) is 62.2 Å². The van der Waals surface area contributed by atoms with E-state index in [4.69, 9.17) is 0 Å². The minimum atomic E-state index is 0.0538. The van der Waals surface area contributed by atoms with Gasteiger partial charge < -0.3 is 10.6 Å². The Morgan fingerprint density at radius 3 is 2.75 bits per heavy atom. The lowest BCUT2D eigenvalue weighted by molar-refractivity contribution is 0.0921. The summed E-state index contributed by atoms with van der Waals surface area (Å²) in [4.78, 5) is 13.5. The number of carbonyl (C=O) groups is 1. The lowest BCUT2D eigenvalue weighted by Crippen LogP contribution is -2.43. The molecule has 1 fully saturated rings. The van der Waals surface area contributed by atoms with Crippen molar-refractivity contribution in [1.29, 1.82) is 0 Å². The summed E-state index contributed by atoms with van der Waals surface area (Å²) in [6.07, 6.45) is 4.27. The summed E-state index contributed by atoms with van der Waals surface area (Å²) in [6, 6.07) is 6.07. The third-order valence-electron chi connectivity index (χ3n) is 4.18. The second-order valence-corrected chi connectivity index (χ2v) is 6.80. The zero-order valence-electron chi connectivity index (χ0n) is 12.6. The normalized spacial score (nSPS) is 17.8. The van der Waals surface area contributed by atoms with Gasteiger partial charge in [-0.3, -0.25) is 4.79 Å². The molecule has 1 amide bonds. The van der Waals surface area contributed by atoms with E-state index in [0.717, 1.165) is 48.5 Å². The number of piperidine rings is 1. The van der Waals surface area contributed by atoms with E-state index in [0.29, 0.717) is 0 Å². The molecule has 0 bridgehead atoms. The lowest BCUT2D eigenvalue weighted by atomic mass is 9.81. The maximum atomic E-state index is 12.4. The topological polar surface area (TPSA) is 41.1 Å². The van der Waals surface area contributed by atoms with Crippen LogP contribution in [0.1, 0.15) is 35.7 Å². The Hall–Kier alpha value is -1.00. The number of hydrogen-bond acceptors (Lipinski definition) is 3. The van der Waals surface area contributed by atoms with Crippen LogP contribution in [0.25, 0.3) is 0 Å². The second-order valence-electron chi connectivity index (χ2n) is 5.92. The molecule has 0 radical (unpaired) electrons. The van der Waals surface area contributed by atoms with Crippen LogP contribution in [0, 0.1) is 12.3 Å². The average Bonchev–Trinajstić information content (AvgIpc) is 2.46. The first-order valence-electron chi connectivity index (χ1n) is 7.18. The van der Waals surface area contributed by atoms with E-state index < -0.39 is 0 Å². The van der Waals surface area contributed by atoms with Crippen molar-refractivity contribution in [3.05, 3.63) is 29.3 Å². The van der Waals surface area contributed by atoms with Gasteiger partial charge in [0.05, 0.1) is 0 Å². The van der Waals surface area contributed by atoms with Crippen LogP contribution < -0.4 is 10.6 Å². The van der Waals surface area contributed by atoms with Crippen molar-refractivity contribution >= 4 is 17.7 Å². The second kappa shape index (κ2) is 6.64. The number of hydrogen-bond donors (Lipinski definition) is 2. The van der Waals surface area contributed by atoms with Gasteiger partial charge >= 0.3 is 0 Å². The van der Waals surface area contributed by atoms with Crippen molar-refractivity contribution < 1.29 is 4.79 Å². The van der Waals surface area contributed by atoms with Crippen molar-refractivity contribution in [1.82, 2.24) is 10.6 Å². The molecule has 1 aromatic rings. The SMILES string of the molecule is CSc1ccc(C)c(C(=O)NCC2(C)CCNCC2)c1. The number of rotatable bonds is 4. The van der Waals surface area contributed by atoms with Crippen molar-refractivity contribution in [2.24, 2.45) is 5.41 Å². The van der Waals surface area contributed by atoms with E-state index in [9.17, 15) is 4.79 Å². The van der Waals surface area contributed by atoms with Crippen LogP contribution in [0.2, 0.25) is 0 Å². The molecular weight excluding hydrogens is 268 g/mol. The van der Waals surface area contributed by atoms with Crippen LogP contribution >= 0.6 is 11.8 Å². The Labute approximate surface area is 125 Å². The summed E-state index contributed by atoms with van der Waals surface area (Å²) < 4.78 is 0. The van der Waals surface area contributed by atoms with Crippen LogP contribution in [0.3, 0.4) is 0 Å². The van der Waals surface area contributed by atoms with Gasteiger partial charge in [-0.25, -0.2) is 0 Å². The highest BCUT2D eigenvalue weighted by molar-refractivity contribution is 7.98. The third-order valence-corrected chi connectivity index (χ3v) is 4.90. The molecule has 1 heterocycles. The zero-order valence-corrected chi connectivity index (χ0v) is 13.4. The Kier molecular flexibility index (Phi) is 5.11. The molecule has 0 aromatic heterocycles. The van der Waals surface area contributed by atoms with Gasteiger partial charge in [0.2, 0.25) is 0 Å². The summed E-state index contributed by atoms with van der Waals surface area (Å²) in [5.41, 5.74) is 2.07. The Morgan fingerprint density at radius 1 is 1.40 bits per heavy atom. The van der Waals surface area contributed by atoms with E-state index in [1.807, 2.05) is 25.3 Å². The molecule has 110 valence electrons. The van der Waals surface area contributed by atoms with Crippen LogP contribution in [-0.2, 0) is 0 Å². The molecule has 0 atom stereocenters. The Bertz CT molecular complexity index is 481. The summed E-state index contributed by atoms with van der Waals surface area (Å²) in [5.74, 6) is 0.0538. The van der Waals surface area contributed by atoms with Crippen LogP contribution in [0.5, 0.6) is 0 Å². The number of nitrogens with one attached hydrogen (secondary N) is 2. The van der Waals surface area contributed by atoms with Gasteiger partial charge in [-0.2, -0.15) is 0 Å². The first-order chi connectivity index (χ1) is 9.54. The van der Waals surface area contributed by atoms with E-state index >= 15 is 0 Å². The molecule has 0 aliphatic carbocycles. The fourth-order valence-corrected chi connectivity index (χ4v) is 3.01. The fraction of sp³-hybridized carbons (Fsp3) is 0.562. The lowest BCUT2D eigenvalue weighted by Gasteiger charge is -2.34. The summed E-state index contributed by atoms with van der Waals surface area (Å²) >= 11 is 1.67. The van der Waals surface area contributed by atoms with Gasteiger partial charge in [-0.1, -0.05) is 13.0 Å². The number of carbonyl (C=O) groups excluding carboxylic acids is 1. The number of aryl methyl sites for hydroxylation is 1. The smallest absolute Gasteiger partial charge is 0.251 e. The minimum Gasteiger partial charge on any atom is -0.351 e. The van der Waals surface area contributed by atoms with Crippen LogP contribution in [0.4, 0.5) is 0 Å². The van der Waals surface area contributed by atoms with E-state index in [1.165, 1.54) is 0 Å². The third kappa shape index (κ3) is 3.76. The quantitative estimate of drug-likeness (QED) is 0.839. The molecule has 20 heavy (non-hydrogen) atoms. The molecule has 3 nitrogen and oxygen atoms in total. The molecule has 1 aromatic carbocycles. The highest BCUT2D eigenvalue weighted by atomic mass is 32.2. The molecule has 0 saturated carbocycles. The van der Waals surface area contributed by atoms with E-state index in [-0.39, 0.29) is 11.3 Å². The molecule has 0 spiro atoms. The number of amides is 1. The first kappa shape index (κ1) is 15.4. The van der Waals surface area contributed by atoms with Crippen LogP contribution in [0.15, 0.2) is 23.1 Å². The Morgan fingerprint density at radius 2 is 2.10 bits per heavy atom. The monoisotopic (exact) mass is 292 g/mol. The standard InChI is InChI=1S/C16H24N2OS/c1-12-4-5-13(20-3)10-14(12)15(19)18-11-16(2)6-8-17-9-7-16/h4-5,10,17H,6-9,11H2,1-3H3,(H,18,19). The van der Waals surface area contributed by atoms with Gasteiger partial charge in [0.1, 0.15) is 0 Å². The summed E-state index contributed by atoms with van der Waals surface area (Å²) in [6.45, 7) is 7.11. The summed E-state index contributed by atoms with van der Waals surface area (Å²) in [5, 5.41) is 6.49. The molecule has 4 heteroatoms. The maximum Gasteiger partial charge on any atom is 0.251 e. The largest absolute Gasteiger partial charge is 0.351 e. The molecule has 2 N–H and O–H groups in total. The molecule has 1 aliphatic rings. The molecule has 2 rings (SSSR count). The van der Waals surface area contributed by atoms with Crippen LogP contribution in [-0.4, -0.2) is 31.8 Å². The number of thioether (sulfide) groups is 1. The van der Waals surface area contributed by atoms with Gasteiger partial charge in [0.15, 0.2) is 0 Å². The highest BCUT2D eigenvalue weighted by Crippen LogP contribution is 2.27. The minimum absolute atomic E-state index is 0.0538. The van der Waals surface area contributed by atoms with Gasteiger partial charge in [0.25, 0.3) is 5.91 Å². The van der Waals surface area contributed by atoms with E-state index in [2.05, 4.69) is 23.6 Å². The van der Waals surface area contributed by atoms with Gasteiger partial charge in [-0.15, -0.1) is 11.8 Å². The van der Waals surface area contributed by atoms with Gasteiger partial charge in [0, 0.05) is 17.0 Å². The molecule has 1 saturated heterocycles. The Balaban J connectivity index is 2.01. The van der Waals surface area contributed by atoms with Crippen molar-refractivity contribution in [3.8, 4) is 0 Å². The zero-order chi connectivity index (χ0) is 14.6. The molecule has 0 unspecified atom stereocenters. The maximum absolute atomic E-state index is 12.4. The fourth-order valence-electron chi connectivity index (χ4n) is 2.57. The molecular formula is C16H24N2OS. The highest BCUT2D eigenvalue weighted by Gasteiger charge is 2.27. The van der Waals surface area contributed by atoms with Crippen molar-refractivity contribution in [2.75, 3.05) is 25.9 Å².